The summed E-state index contributed by atoms with van der Waals surface area (Å²) in [5, 5.41) is 2.87. The minimum Gasteiger partial charge on any atom is -0.481 e. The Balaban J connectivity index is 2.96. The number of pyridine rings is 1. The zero-order valence-corrected chi connectivity index (χ0v) is 8.05. The van der Waals surface area contributed by atoms with Gasteiger partial charge >= 0.3 is 0 Å². The number of nitrogens with zero attached hydrogens (tertiary/aromatic N) is 1. The summed E-state index contributed by atoms with van der Waals surface area (Å²) < 4.78 is 4.87. The highest BCUT2D eigenvalue weighted by Gasteiger charge is 2.04. The van der Waals surface area contributed by atoms with Crippen molar-refractivity contribution in [2.24, 2.45) is 0 Å². The van der Waals surface area contributed by atoms with Crippen molar-refractivity contribution in [3.8, 4) is 5.88 Å². The van der Waals surface area contributed by atoms with Gasteiger partial charge in [-0.2, -0.15) is 4.98 Å². The van der Waals surface area contributed by atoms with E-state index in [9.17, 15) is 4.79 Å². The van der Waals surface area contributed by atoms with Crippen molar-refractivity contribution in [1.29, 1.82) is 0 Å². The summed E-state index contributed by atoms with van der Waals surface area (Å²) in [6.45, 7) is 1.39. The number of methoxy groups -OCH3 is 1. The molecule has 0 aliphatic heterocycles. The molecule has 1 amide bonds. The van der Waals surface area contributed by atoms with Crippen LogP contribution in [0.25, 0.3) is 0 Å². The van der Waals surface area contributed by atoms with E-state index >= 15 is 0 Å². The molecular weight excluding hydrogens is 192 g/mol. The van der Waals surface area contributed by atoms with Crippen LogP contribution in [0.4, 0.5) is 5.82 Å². The van der Waals surface area contributed by atoms with E-state index in [2.05, 4.69) is 10.3 Å². The molecule has 0 unspecified atom stereocenters. The largest absolute Gasteiger partial charge is 0.481 e. The van der Waals surface area contributed by atoms with Crippen LogP contribution in [0.3, 0.4) is 0 Å². The van der Waals surface area contributed by atoms with Gasteiger partial charge in [-0.3, -0.25) is 4.79 Å². The van der Waals surface area contributed by atoms with Gasteiger partial charge in [0.25, 0.3) is 0 Å². The third-order valence-corrected chi connectivity index (χ3v) is 1.63. The van der Waals surface area contributed by atoms with Gasteiger partial charge in [0.15, 0.2) is 5.82 Å². The lowest BCUT2D eigenvalue weighted by molar-refractivity contribution is -0.114. The van der Waals surface area contributed by atoms with Gasteiger partial charge in [-0.15, -0.1) is 0 Å². The molecule has 1 aromatic rings. The molecule has 70 valence electrons. The molecule has 0 radical (unpaired) electrons. The Kier molecular flexibility index (Phi) is 3.08. The van der Waals surface area contributed by atoms with Gasteiger partial charge in [-0.05, 0) is 6.07 Å². The Morgan fingerprint density at radius 1 is 1.62 bits per heavy atom. The maximum absolute atomic E-state index is 10.7. The van der Waals surface area contributed by atoms with Crippen LogP contribution in [0.15, 0.2) is 12.1 Å². The monoisotopic (exact) mass is 200 g/mol. The summed E-state index contributed by atoms with van der Waals surface area (Å²) in [5.74, 6) is 0.504. The fourth-order valence-corrected chi connectivity index (χ4v) is 0.945. The first-order valence-corrected chi connectivity index (χ1v) is 3.99. The summed E-state index contributed by atoms with van der Waals surface area (Å²) in [5.41, 5.74) is 0. The first-order chi connectivity index (χ1) is 6.13. The molecule has 1 N–H and O–H groups in total. The molecule has 0 saturated heterocycles. The number of nitrogens with one attached hydrogen (secondary N) is 1. The molecule has 13 heavy (non-hydrogen) atoms. The van der Waals surface area contributed by atoms with Crippen LogP contribution in [-0.4, -0.2) is 18.0 Å². The molecule has 0 fully saturated rings. The van der Waals surface area contributed by atoms with Crippen molar-refractivity contribution < 1.29 is 9.53 Å². The molecule has 0 aliphatic rings. The zero-order chi connectivity index (χ0) is 9.84. The van der Waals surface area contributed by atoms with Gasteiger partial charge in [0.1, 0.15) is 0 Å². The Morgan fingerprint density at radius 3 is 2.85 bits per heavy atom. The molecule has 0 aliphatic carbocycles. The number of anilines is 1. The van der Waals surface area contributed by atoms with Crippen molar-refractivity contribution >= 4 is 23.3 Å². The maximum Gasteiger partial charge on any atom is 0.222 e. The van der Waals surface area contributed by atoms with Crippen LogP contribution in [0.2, 0.25) is 5.02 Å². The minimum absolute atomic E-state index is 0.220. The Labute approximate surface area is 80.9 Å². The van der Waals surface area contributed by atoms with E-state index < -0.39 is 0 Å². The first-order valence-electron chi connectivity index (χ1n) is 3.61. The molecular formula is C8H9ClN2O2. The van der Waals surface area contributed by atoms with Crippen LogP contribution in [0.5, 0.6) is 5.88 Å². The third kappa shape index (κ3) is 2.59. The fourth-order valence-electron chi connectivity index (χ4n) is 0.792. The van der Waals surface area contributed by atoms with Gasteiger partial charge in [-0.25, -0.2) is 0 Å². The van der Waals surface area contributed by atoms with Crippen LogP contribution in [-0.2, 0) is 4.79 Å². The number of halogens is 1. The molecule has 0 saturated carbocycles. The highest BCUT2D eigenvalue weighted by atomic mass is 35.5. The topological polar surface area (TPSA) is 51.2 Å². The molecule has 1 aromatic heterocycles. The van der Waals surface area contributed by atoms with Crippen LogP contribution < -0.4 is 10.1 Å². The highest BCUT2D eigenvalue weighted by Crippen LogP contribution is 2.22. The van der Waals surface area contributed by atoms with Gasteiger partial charge in [0.2, 0.25) is 11.8 Å². The number of aromatic nitrogens is 1. The Bertz CT molecular complexity index is 328. The van der Waals surface area contributed by atoms with Gasteiger partial charge < -0.3 is 10.1 Å². The number of amides is 1. The van der Waals surface area contributed by atoms with Crippen molar-refractivity contribution in [2.45, 2.75) is 6.92 Å². The van der Waals surface area contributed by atoms with Crippen molar-refractivity contribution in [1.82, 2.24) is 4.98 Å². The van der Waals surface area contributed by atoms with E-state index in [0.29, 0.717) is 16.7 Å². The van der Waals surface area contributed by atoms with E-state index in [1.54, 1.807) is 12.1 Å². The second kappa shape index (κ2) is 4.09. The number of carbonyl (C=O) groups excluding carboxylic acids is 1. The highest BCUT2D eigenvalue weighted by molar-refractivity contribution is 6.33. The van der Waals surface area contributed by atoms with E-state index in [-0.39, 0.29) is 5.91 Å². The van der Waals surface area contributed by atoms with Crippen molar-refractivity contribution in [3.63, 3.8) is 0 Å². The molecule has 5 heteroatoms. The van der Waals surface area contributed by atoms with Gasteiger partial charge in [0, 0.05) is 13.0 Å². The van der Waals surface area contributed by atoms with E-state index in [4.69, 9.17) is 16.3 Å². The molecule has 4 nitrogen and oxygen atoms in total. The summed E-state index contributed by atoms with van der Waals surface area (Å²) in [7, 11) is 1.49. The average molecular weight is 201 g/mol. The number of carbonyl (C=O) groups is 1. The molecule has 0 spiro atoms. The summed E-state index contributed by atoms with van der Waals surface area (Å²) in [6, 6.07) is 3.23. The number of hydrogen-bond acceptors (Lipinski definition) is 3. The van der Waals surface area contributed by atoms with Crippen LogP contribution in [0, 0.1) is 0 Å². The molecule has 0 aromatic carbocycles. The van der Waals surface area contributed by atoms with E-state index in [0.717, 1.165) is 0 Å². The quantitative estimate of drug-likeness (QED) is 0.791. The lowest BCUT2D eigenvalue weighted by atomic mass is 10.4. The minimum atomic E-state index is -0.220. The van der Waals surface area contributed by atoms with E-state index in [1.807, 2.05) is 0 Å². The van der Waals surface area contributed by atoms with Crippen LogP contribution in [0.1, 0.15) is 6.92 Å². The lowest BCUT2D eigenvalue weighted by Gasteiger charge is -2.05. The van der Waals surface area contributed by atoms with Crippen molar-refractivity contribution in [3.05, 3.63) is 17.2 Å². The second-order valence-electron chi connectivity index (χ2n) is 2.37. The molecule has 0 atom stereocenters. The maximum atomic E-state index is 10.7. The van der Waals surface area contributed by atoms with Crippen LogP contribution >= 0.6 is 11.6 Å². The number of hydrogen-bond donors (Lipinski definition) is 1. The SMILES string of the molecule is COc1ccc(Cl)c(NC(C)=O)n1. The van der Waals surface area contributed by atoms with Gasteiger partial charge in [0.05, 0.1) is 12.1 Å². The number of rotatable bonds is 2. The predicted octanol–water partition coefficient (Wildman–Crippen LogP) is 1.70. The van der Waals surface area contributed by atoms with Crippen molar-refractivity contribution in [2.75, 3.05) is 12.4 Å². The fraction of sp³-hybridized carbons (Fsp3) is 0.250. The zero-order valence-electron chi connectivity index (χ0n) is 7.30. The summed E-state index contributed by atoms with van der Waals surface area (Å²) >= 11 is 5.76. The average Bonchev–Trinajstić information content (AvgIpc) is 2.08. The first kappa shape index (κ1) is 9.80. The molecule has 1 heterocycles. The van der Waals surface area contributed by atoms with E-state index in [1.165, 1.54) is 14.0 Å². The summed E-state index contributed by atoms with van der Waals surface area (Å²) in [4.78, 5) is 14.7. The van der Waals surface area contributed by atoms with Gasteiger partial charge in [-0.1, -0.05) is 11.6 Å². The summed E-state index contributed by atoms with van der Waals surface area (Å²) in [6.07, 6.45) is 0. The standard InChI is InChI=1S/C8H9ClN2O2/c1-5(12)10-8-6(9)3-4-7(11-8)13-2/h3-4H,1-2H3,(H,10,11,12). The lowest BCUT2D eigenvalue weighted by Crippen LogP contribution is -2.08. The number of ether oxygens (including phenoxy) is 1. The predicted molar refractivity (Wildman–Crippen MR) is 50.1 cm³/mol. The molecule has 0 bridgehead atoms. The second-order valence-corrected chi connectivity index (χ2v) is 2.77. The Morgan fingerprint density at radius 2 is 2.31 bits per heavy atom. The Hall–Kier alpha value is -1.29. The normalized spacial score (nSPS) is 9.46. The third-order valence-electron chi connectivity index (χ3n) is 1.32. The molecule has 1 rings (SSSR count). The smallest absolute Gasteiger partial charge is 0.222 e.